The van der Waals surface area contributed by atoms with Crippen LogP contribution >= 0.6 is 23.2 Å². The van der Waals surface area contributed by atoms with E-state index in [0.717, 1.165) is 0 Å². The first-order chi connectivity index (χ1) is 4.16. The molecule has 0 saturated heterocycles. The van der Waals surface area contributed by atoms with Gasteiger partial charge in [0.15, 0.2) is 0 Å². The minimum absolute atomic E-state index is 0.475. The van der Waals surface area contributed by atoms with E-state index in [1.165, 1.54) is 5.57 Å². The van der Waals surface area contributed by atoms with Gasteiger partial charge in [-0.25, -0.2) is 0 Å². The Morgan fingerprint density at radius 2 is 2.00 bits per heavy atom. The molecule has 0 rings (SSSR count). The van der Waals surface area contributed by atoms with Gasteiger partial charge in [-0.15, -0.1) is 11.6 Å². The molecule has 0 saturated carbocycles. The molecule has 0 N–H and O–H groups in total. The number of allylic oxidation sites excluding steroid dienone is 4. The molecule has 0 bridgehead atoms. The zero-order valence-corrected chi connectivity index (χ0v) is 7.13. The maximum Gasteiger partial charge on any atom is 0.0421 e. The summed E-state index contributed by atoms with van der Waals surface area (Å²) in [5, 5.41) is 0.713. The molecule has 0 radical (unpaired) electrons. The highest BCUT2D eigenvalue weighted by Gasteiger charge is 1.83. The van der Waals surface area contributed by atoms with Crippen molar-refractivity contribution in [2.45, 2.75) is 13.8 Å². The minimum atomic E-state index is 0.475. The van der Waals surface area contributed by atoms with E-state index in [-0.39, 0.29) is 0 Å². The molecule has 0 aliphatic rings. The summed E-state index contributed by atoms with van der Waals surface area (Å²) < 4.78 is 0. The number of hydrogen-bond acceptors (Lipinski definition) is 0. The van der Waals surface area contributed by atoms with Crippen LogP contribution in [0, 0.1) is 0 Å². The van der Waals surface area contributed by atoms with Gasteiger partial charge < -0.3 is 0 Å². The maximum atomic E-state index is 5.68. The lowest BCUT2D eigenvalue weighted by atomic mass is 10.3. The van der Waals surface area contributed by atoms with Crippen LogP contribution in [0.4, 0.5) is 0 Å². The number of rotatable bonds is 2. The van der Waals surface area contributed by atoms with E-state index in [4.69, 9.17) is 23.2 Å². The van der Waals surface area contributed by atoms with Gasteiger partial charge in [-0.05, 0) is 19.9 Å². The average Bonchev–Trinajstić information content (AvgIpc) is 1.63. The fourth-order valence-corrected chi connectivity index (χ4v) is 0.949. The second-order valence-electron chi connectivity index (χ2n) is 1.96. The highest BCUT2D eigenvalue weighted by molar-refractivity contribution is 6.32. The molecule has 0 aromatic heterocycles. The van der Waals surface area contributed by atoms with E-state index in [2.05, 4.69) is 0 Å². The Hall–Kier alpha value is 0.0600. The van der Waals surface area contributed by atoms with Crippen LogP contribution in [-0.4, -0.2) is 5.88 Å². The lowest BCUT2D eigenvalue weighted by Crippen LogP contribution is -1.68. The Bertz CT molecular complexity index is 130. The molecule has 0 aromatic carbocycles. The Morgan fingerprint density at radius 3 is 2.33 bits per heavy atom. The van der Waals surface area contributed by atoms with Crippen molar-refractivity contribution in [1.29, 1.82) is 0 Å². The molecular formula is C7H10Cl2. The highest BCUT2D eigenvalue weighted by Crippen LogP contribution is 2.06. The lowest BCUT2D eigenvalue weighted by Gasteiger charge is -1.87. The second-order valence-corrected chi connectivity index (χ2v) is 2.71. The first kappa shape index (κ1) is 9.06. The van der Waals surface area contributed by atoms with Crippen LogP contribution in [0.1, 0.15) is 13.8 Å². The van der Waals surface area contributed by atoms with Gasteiger partial charge in [-0.1, -0.05) is 23.3 Å². The quantitative estimate of drug-likeness (QED) is 0.435. The predicted octanol–water partition coefficient (Wildman–Crippen LogP) is 3.31. The van der Waals surface area contributed by atoms with Crippen molar-refractivity contribution in [1.82, 2.24) is 0 Å². The largest absolute Gasteiger partial charge is 0.122 e. The molecule has 0 aliphatic heterocycles. The van der Waals surface area contributed by atoms with Crippen LogP contribution in [0.3, 0.4) is 0 Å². The molecule has 9 heavy (non-hydrogen) atoms. The van der Waals surface area contributed by atoms with Crippen LogP contribution in [0.25, 0.3) is 0 Å². The van der Waals surface area contributed by atoms with Crippen molar-refractivity contribution in [2.24, 2.45) is 0 Å². The molecule has 0 aliphatic carbocycles. The molecular weight excluding hydrogens is 155 g/mol. The monoisotopic (exact) mass is 164 g/mol. The number of alkyl halides is 1. The summed E-state index contributed by atoms with van der Waals surface area (Å²) in [6.45, 7) is 3.98. The van der Waals surface area contributed by atoms with E-state index < -0.39 is 0 Å². The summed E-state index contributed by atoms with van der Waals surface area (Å²) in [6.07, 6.45) is 3.64. The van der Waals surface area contributed by atoms with Crippen molar-refractivity contribution in [3.8, 4) is 0 Å². The fourth-order valence-electron chi connectivity index (χ4n) is 0.408. The molecule has 52 valence electrons. The number of halogens is 2. The summed E-state index contributed by atoms with van der Waals surface area (Å²) in [6, 6.07) is 0. The summed E-state index contributed by atoms with van der Waals surface area (Å²) in [7, 11) is 0. The molecule has 0 nitrogen and oxygen atoms in total. The van der Waals surface area contributed by atoms with Crippen molar-refractivity contribution in [3.05, 3.63) is 22.8 Å². The summed E-state index contributed by atoms with van der Waals surface area (Å²) in [4.78, 5) is 0. The predicted molar refractivity (Wildman–Crippen MR) is 44.1 cm³/mol. The third-order valence-corrected chi connectivity index (χ3v) is 1.12. The Labute approximate surface area is 66.2 Å². The topological polar surface area (TPSA) is 0 Å². The third-order valence-electron chi connectivity index (χ3n) is 0.699. The van der Waals surface area contributed by atoms with Crippen LogP contribution < -0.4 is 0 Å². The van der Waals surface area contributed by atoms with E-state index in [1.54, 1.807) is 6.08 Å². The van der Waals surface area contributed by atoms with E-state index in [0.29, 0.717) is 10.9 Å². The zero-order valence-electron chi connectivity index (χ0n) is 5.62. The molecule has 2 heteroatoms. The van der Waals surface area contributed by atoms with Crippen LogP contribution in [0.5, 0.6) is 0 Å². The summed E-state index contributed by atoms with van der Waals surface area (Å²) in [5.41, 5.74) is 1.18. The maximum absolute atomic E-state index is 5.68. The van der Waals surface area contributed by atoms with Gasteiger partial charge in [0.05, 0.1) is 0 Å². The SMILES string of the molecule is CC(C)=C/C(Cl)=C/CCl. The first-order valence-electron chi connectivity index (χ1n) is 2.73. The zero-order chi connectivity index (χ0) is 7.28. The number of hydrogen-bond donors (Lipinski definition) is 0. The van der Waals surface area contributed by atoms with Gasteiger partial charge in [0.2, 0.25) is 0 Å². The van der Waals surface area contributed by atoms with Crippen LogP contribution in [0.2, 0.25) is 0 Å². The highest BCUT2D eigenvalue weighted by atomic mass is 35.5. The molecule has 0 aromatic rings. The van der Waals surface area contributed by atoms with Crippen molar-refractivity contribution in [3.63, 3.8) is 0 Å². The van der Waals surface area contributed by atoms with E-state index in [9.17, 15) is 0 Å². The average molecular weight is 165 g/mol. The van der Waals surface area contributed by atoms with Gasteiger partial charge >= 0.3 is 0 Å². The van der Waals surface area contributed by atoms with E-state index >= 15 is 0 Å². The molecule has 0 atom stereocenters. The Balaban J connectivity index is 3.90. The second kappa shape index (κ2) is 4.89. The van der Waals surface area contributed by atoms with Crippen molar-refractivity contribution >= 4 is 23.2 Å². The van der Waals surface area contributed by atoms with Crippen molar-refractivity contribution in [2.75, 3.05) is 5.88 Å². The van der Waals surface area contributed by atoms with Crippen molar-refractivity contribution < 1.29 is 0 Å². The first-order valence-corrected chi connectivity index (χ1v) is 3.64. The minimum Gasteiger partial charge on any atom is -0.122 e. The molecule has 0 amide bonds. The van der Waals surface area contributed by atoms with Gasteiger partial charge in [0.25, 0.3) is 0 Å². The molecule has 0 fully saturated rings. The third kappa shape index (κ3) is 5.94. The Kier molecular flexibility index (Phi) is 4.93. The summed E-state index contributed by atoms with van der Waals surface area (Å²) in [5.74, 6) is 0.475. The smallest absolute Gasteiger partial charge is 0.0421 e. The van der Waals surface area contributed by atoms with Gasteiger partial charge in [-0.2, -0.15) is 0 Å². The summed E-state index contributed by atoms with van der Waals surface area (Å²) >= 11 is 11.1. The van der Waals surface area contributed by atoms with Crippen LogP contribution in [0.15, 0.2) is 22.8 Å². The normalized spacial score (nSPS) is 11.3. The van der Waals surface area contributed by atoms with Gasteiger partial charge in [0, 0.05) is 10.9 Å². The molecule has 0 heterocycles. The van der Waals surface area contributed by atoms with Gasteiger partial charge in [-0.3, -0.25) is 0 Å². The van der Waals surface area contributed by atoms with Gasteiger partial charge in [0.1, 0.15) is 0 Å². The molecule has 0 spiro atoms. The molecule has 0 unspecified atom stereocenters. The van der Waals surface area contributed by atoms with Crippen LogP contribution in [-0.2, 0) is 0 Å². The standard InChI is InChI=1S/C7H10Cl2/c1-6(2)5-7(9)3-4-8/h3,5H,4H2,1-2H3/b7-3-. The van der Waals surface area contributed by atoms with E-state index in [1.807, 2.05) is 19.9 Å². The Morgan fingerprint density at radius 1 is 1.44 bits per heavy atom. The fraction of sp³-hybridized carbons (Fsp3) is 0.429. The lowest BCUT2D eigenvalue weighted by molar-refractivity contribution is 1.39.